The summed E-state index contributed by atoms with van der Waals surface area (Å²) >= 11 is 0. The number of hydrogen-bond acceptors (Lipinski definition) is 3. The van der Waals surface area contributed by atoms with E-state index in [0.29, 0.717) is 5.57 Å². The summed E-state index contributed by atoms with van der Waals surface area (Å²) in [6.07, 6.45) is 13.1. The lowest BCUT2D eigenvalue weighted by atomic mass is 10.1. The number of carbonyl (C=O) groups excluding carboxylic acids is 1. The van der Waals surface area contributed by atoms with Crippen LogP contribution in [0.3, 0.4) is 0 Å². The fourth-order valence-corrected chi connectivity index (χ4v) is 3.48. The maximum atomic E-state index is 12.1. The number of amides is 1. The topological polar surface area (TPSA) is 49.8 Å². The second-order valence-electron chi connectivity index (χ2n) is 7.54. The molecule has 1 aromatic rings. The van der Waals surface area contributed by atoms with Crippen molar-refractivity contribution >= 4 is 11.5 Å². The van der Waals surface area contributed by atoms with E-state index in [2.05, 4.69) is 6.92 Å². The van der Waals surface area contributed by atoms with Crippen molar-refractivity contribution in [2.24, 2.45) is 0 Å². The van der Waals surface area contributed by atoms with Crippen LogP contribution in [0.15, 0.2) is 30.0 Å². The van der Waals surface area contributed by atoms with E-state index in [0.717, 1.165) is 24.3 Å². The van der Waals surface area contributed by atoms with Crippen LogP contribution in [0.25, 0.3) is 5.57 Å². The molecule has 27 heavy (non-hydrogen) atoms. The Morgan fingerprint density at radius 1 is 0.926 bits per heavy atom. The summed E-state index contributed by atoms with van der Waals surface area (Å²) < 4.78 is 5.80. The predicted molar refractivity (Wildman–Crippen MR) is 111 cm³/mol. The van der Waals surface area contributed by atoms with Gasteiger partial charge in [0.05, 0.1) is 18.7 Å². The summed E-state index contributed by atoms with van der Waals surface area (Å²) in [5.74, 6) is 0.821. The van der Waals surface area contributed by atoms with Gasteiger partial charge in [0, 0.05) is 7.05 Å². The number of aliphatic hydroxyl groups excluding tert-OH is 1. The fourth-order valence-electron chi connectivity index (χ4n) is 3.48. The molecule has 0 fully saturated rings. The smallest absolute Gasteiger partial charge is 0.258 e. The average Bonchev–Trinajstić information content (AvgIpc) is 2.92. The summed E-state index contributed by atoms with van der Waals surface area (Å²) in [5, 5.41) is 9.95. The van der Waals surface area contributed by atoms with Gasteiger partial charge in [-0.1, -0.05) is 76.8 Å². The van der Waals surface area contributed by atoms with Gasteiger partial charge in [0.2, 0.25) is 0 Å². The molecule has 0 bridgehead atoms. The van der Waals surface area contributed by atoms with E-state index >= 15 is 0 Å². The third-order valence-corrected chi connectivity index (χ3v) is 5.15. The van der Waals surface area contributed by atoms with Crippen molar-refractivity contribution in [2.75, 3.05) is 20.2 Å². The van der Waals surface area contributed by atoms with Crippen molar-refractivity contribution in [1.82, 2.24) is 4.90 Å². The number of likely N-dealkylation sites (N-methyl/N-ethyl adjacent to an activating group) is 1. The highest BCUT2D eigenvalue weighted by molar-refractivity contribution is 6.22. The van der Waals surface area contributed by atoms with Crippen molar-refractivity contribution in [3.8, 4) is 5.75 Å². The summed E-state index contributed by atoms with van der Waals surface area (Å²) in [6, 6.07) is 7.43. The second-order valence-corrected chi connectivity index (χ2v) is 7.54. The normalized spacial score (nSPS) is 14.3. The summed E-state index contributed by atoms with van der Waals surface area (Å²) in [5.41, 5.74) is 1.15. The molecule has 1 heterocycles. The van der Waals surface area contributed by atoms with Gasteiger partial charge in [0.25, 0.3) is 5.91 Å². The molecule has 0 unspecified atom stereocenters. The SMILES string of the molecule is CCCCCCCCCCCCOc1ccc(C2=C(O)CN(C)C2=O)cc1. The van der Waals surface area contributed by atoms with Crippen LogP contribution in [-0.2, 0) is 4.79 Å². The number of nitrogens with zero attached hydrogens (tertiary/aromatic N) is 1. The molecular formula is C23H35NO3. The van der Waals surface area contributed by atoms with Crippen LogP contribution in [0.5, 0.6) is 5.75 Å². The van der Waals surface area contributed by atoms with Crippen LogP contribution in [0, 0.1) is 0 Å². The van der Waals surface area contributed by atoms with Gasteiger partial charge >= 0.3 is 0 Å². The summed E-state index contributed by atoms with van der Waals surface area (Å²) in [7, 11) is 1.69. The number of hydrogen-bond donors (Lipinski definition) is 1. The Bertz CT molecular complexity index is 607. The molecule has 0 aromatic heterocycles. The van der Waals surface area contributed by atoms with Gasteiger partial charge in [-0.2, -0.15) is 0 Å². The Balaban J connectivity index is 1.58. The monoisotopic (exact) mass is 373 g/mol. The van der Waals surface area contributed by atoms with Crippen LogP contribution in [0.2, 0.25) is 0 Å². The first-order valence-electron chi connectivity index (χ1n) is 10.5. The molecule has 2 rings (SSSR count). The third kappa shape index (κ3) is 6.93. The van der Waals surface area contributed by atoms with Gasteiger partial charge < -0.3 is 14.7 Å². The number of carbonyl (C=O) groups is 1. The standard InChI is InChI=1S/C23H35NO3/c1-3-4-5-6-7-8-9-10-11-12-17-27-20-15-13-19(14-16-20)22-21(25)18-24(2)23(22)26/h13-16,25H,3-12,17-18H2,1-2H3. The van der Waals surface area contributed by atoms with Crippen LogP contribution in [0.1, 0.15) is 76.7 Å². The van der Waals surface area contributed by atoms with E-state index in [1.54, 1.807) is 7.05 Å². The lowest BCUT2D eigenvalue weighted by molar-refractivity contribution is -0.122. The minimum atomic E-state index is -0.133. The lowest BCUT2D eigenvalue weighted by Gasteiger charge is -2.09. The molecule has 0 spiro atoms. The zero-order chi connectivity index (χ0) is 19.5. The van der Waals surface area contributed by atoms with E-state index in [1.807, 2.05) is 24.3 Å². The highest BCUT2D eigenvalue weighted by Gasteiger charge is 2.28. The summed E-state index contributed by atoms with van der Waals surface area (Å²) in [6.45, 7) is 3.27. The maximum Gasteiger partial charge on any atom is 0.258 e. The van der Waals surface area contributed by atoms with Gasteiger partial charge in [-0.15, -0.1) is 0 Å². The Labute approximate surface area is 164 Å². The minimum absolute atomic E-state index is 0.133. The van der Waals surface area contributed by atoms with E-state index in [1.165, 1.54) is 62.7 Å². The molecule has 1 aromatic carbocycles. The molecule has 1 N–H and O–H groups in total. The zero-order valence-electron chi connectivity index (χ0n) is 17.0. The zero-order valence-corrected chi connectivity index (χ0v) is 17.0. The molecule has 4 nitrogen and oxygen atoms in total. The number of ether oxygens (including phenoxy) is 1. The largest absolute Gasteiger partial charge is 0.510 e. The van der Waals surface area contributed by atoms with E-state index in [9.17, 15) is 9.90 Å². The van der Waals surface area contributed by atoms with Crippen molar-refractivity contribution in [3.05, 3.63) is 35.6 Å². The second kappa shape index (κ2) is 11.7. The molecule has 1 aliphatic heterocycles. The lowest BCUT2D eigenvalue weighted by Crippen LogP contribution is -2.21. The van der Waals surface area contributed by atoms with E-state index in [-0.39, 0.29) is 18.2 Å². The fraction of sp³-hybridized carbons (Fsp3) is 0.609. The van der Waals surface area contributed by atoms with E-state index < -0.39 is 0 Å². The molecule has 0 radical (unpaired) electrons. The Morgan fingerprint density at radius 3 is 2.00 bits per heavy atom. The quantitative estimate of drug-likeness (QED) is 0.449. The van der Waals surface area contributed by atoms with Crippen molar-refractivity contribution in [2.45, 2.75) is 71.1 Å². The van der Waals surface area contributed by atoms with Gasteiger partial charge in [-0.25, -0.2) is 0 Å². The van der Waals surface area contributed by atoms with Crippen molar-refractivity contribution in [3.63, 3.8) is 0 Å². The Morgan fingerprint density at radius 2 is 1.48 bits per heavy atom. The number of rotatable bonds is 13. The van der Waals surface area contributed by atoms with Gasteiger partial charge in [-0.05, 0) is 24.1 Å². The number of aliphatic hydroxyl groups is 1. The number of unbranched alkanes of at least 4 members (excludes halogenated alkanes) is 9. The maximum absolute atomic E-state index is 12.1. The van der Waals surface area contributed by atoms with E-state index in [4.69, 9.17) is 4.74 Å². The van der Waals surface area contributed by atoms with Crippen LogP contribution in [0.4, 0.5) is 0 Å². The van der Waals surface area contributed by atoms with Crippen molar-refractivity contribution < 1.29 is 14.6 Å². The Hall–Kier alpha value is -1.97. The van der Waals surface area contributed by atoms with Gasteiger partial charge in [0.1, 0.15) is 11.5 Å². The van der Waals surface area contributed by atoms with Crippen LogP contribution < -0.4 is 4.74 Å². The average molecular weight is 374 g/mol. The first kappa shape index (κ1) is 21.3. The molecule has 1 aliphatic rings. The molecule has 4 heteroatoms. The molecule has 0 saturated carbocycles. The van der Waals surface area contributed by atoms with Gasteiger partial charge in [0.15, 0.2) is 0 Å². The van der Waals surface area contributed by atoms with Crippen LogP contribution in [-0.4, -0.2) is 36.1 Å². The molecule has 0 aliphatic carbocycles. The first-order valence-corrected chi connectivity index (χ1v) is 10.5. The molecular weight excluding hydrogens is 338 g/mol. The predicted octanol–water partition coefficient (Wildman–Crippen LogP) is 5.73. The molecule has 1 amide bonds. The summed E-state index contributed by atoms with van der Waals surface area (Å²) in [4.78, 5) is 13.6. The van der Waals surface area contributed by atoms with Crippen molar-refractivity contribution in [1.29, 1.82) is 0 Å². The molecule has 150 valence electrons. The minimum Gasteiger partial charge on any atom is -0.510 e. The molecule has 0 saturated heterocycles. The number of benzene rings is 1. The molecule has 0 atom stereocenters. The highest BCUT2D eigenvalue weighted by atomic mass is 16.5. The highest BCUT2D eigenvalue weighted by Crippen LogP contribution is 2.27. The first-order chi connectivity index (χ1) is 13.1. The Kier molecular flexibility index (Phi) is 9.23. The van der Waals surface area contributed by atoms with Crippen LogP contribution >= 0.6 is 0 Å². The third-order valence-electron chi connectivity index (χ3n) is 5.15. The van der Waals surface area contributed by atoms with Gasteiger partial charge in [-0.3, -0.25) is 4.79 Å².